The van der Waals surface area contributed by atoms with Crippen molar-refractivity contribution in [2.24, 2.45) is 0 Å². The maximum Gasteiger partial charge on any atom is 0.164 e. The predicted molar refractivity (Wildman–Crippen MR) is 227 cm³/mol. The quantitative estimate of drug-likeness (QED) is 0.178. The van der Waals surface area contributed by atoms with Crippen LogP contribution in [0.5, 0.6) is 0 Å². The molecule has 0 atom stereocenters. The summed E-state index contributed by atoms with van der Waals surface area (Å²) in [6.07, 6.45) is 0. The first-order valence-corrected chi connectivity index (χ1v) is 19.3. The summed E-state index contributed by atoms with van der Waals surface area (Å²) < 4.78 is 2.45. The first-order valence-electron chi connectivity index (χ1n) is 18.5. The number of rotatable bonds is 5. The van der Waals surface area contributed by atoms with Gasteiger partial charge in [-0.1, -0.05) is 135 Å². The minimum absolute atomic E-state index is 0.0167. The van der Waals surface area contributed by atoms with E-state index in [0.717, 1.165) is 16.7 Å². The monoisotopic (exact) mass is 711 g/mol. The van der Waals surface area contributed by atoms with Crippen molar-refractivity contribution in [2.45, 2.75) is 33.1 Å². The van der Waals surface area contributed by atoms with Crippen LogP contribution in [0.2, 0.25) is 0 Å². The summed E-state index contributed by atoms with van der Waals surface area (Å²) in [5, 5.41) is 2.38. The van der Waals surface area contributed by atoms with Gasteiger partial charge in [-0.15, -0.1) is 11.3 Å². The van der Waals surface area contributed by atoms with E-state index in [0.29, 0.717) is 17.5 Å². The summed E-state index contributed by atoms with van der Waals surface area (Å²) in [5.74, 6) is 2.00. The standard InChI is InChI=1S/C50H37N3S/c1-30-22-23-34(27-38(30)39-29-40-36-18-11-12-20-42(36)50(3,4)43(40)26-31(39)2)35-24-25-44-41(28-35)46-37(19-13-21-45(46)54-44)49-52-47(32-14-7-5-8-15-32)51-48(53-49)33-16-9-6-10-17-33/h5-29H,1-4H3. The second-order valence-electron chi connectivity index (χ2n) is 14.9. The van der Waals surface area contributed by atoms with Gasteiger partial charge in [-0.25, -0.2) is 15.0 Å². The molecular weight excluding hydrogens is 675 g/mol. The Labute approximate surface area is 319 Å². The molecule has 0 fully saturated rings. The molecule has 2 heterocycles. The van der Waals surface area contributed by atoms with E-state index in [4.69, 9.17) is 15.0 Å². The normalized spacial score (nSPS) is 13.0. The summed E-state index contributed by atoms with van der Waals surface area (Å²) in [6.45, 7) is 9.19. The summed E-state index contributed by atoms with van der Waals surface area (Å²) in [5.41, 5.74) is 16.0. The molecule has 0 saturated carbocycles. The molecule has 1 aliphatic rings. The number of hydrogen-bond acceptors (Lipinski definition) is 4. The maximum absolute atomic E-state index is 5.11. The number of thiophene rings is 1. The van der Waals surface area contributed by atoms with Gasteiger partial charge in [0.1, 0.15) is 0 Å². The molecule has 0 radical (unpaired) electrons. The lowest BCUT2D eigenvalue weighted by Gasteiger charge is -2.22. The third kappa shape index (κ3) is 5.20. The van der Waals surface area contributed by atoms with E-state index in [2.05, 4.69) is 143 Å². The van der Waals surface area contributed by atoms with Gasteiger partial charge >= 0.3 is 0 Å². The van der Waals surface area contributed by atoms with Crippen LogP contribution in [0, 0.1) is 13.8 Å². The fourth-order valence-electron chi connectivity index (χ4n) is 8.36. The van der Waals surface area contributed by atoms with Gasteiger partial charge in [-0.05, 0) is 99.8 Å². The third-order valence-electron chi connectivity index (χ3n) is 11.2. The van der Waals surface area contributed by atoms with Gasteiger partial charge in [0.05, 0.1) is 0 Å². The van der Waals surface area contributed by atoms with Crippen LogP contribution in [0.4, 0.5) is 0 Å². The number of hydrogen-bond donors (Lipinski definition) is 0. The van der Waals surface area contributed by atoms with E-state index in [9.17, 15) is 0 Å². The second-order valence-corrected chi connectivity index (χ2v) is 16.0. The molecule has 54 heavy (non-hydrogen) atoms. The van der Waals surface area contributed by atoms with Crippen molar-refractivity contribution in [3.63, 3.8) is 0 Å². The zero-order valence-corrected chi connectivity index (χ0v) is 31.5. The van der Waals surface area contributed by atoms with Crippen molar-refractivity contribution < 1.29 is 0 Å². The highest BCUT2D eigenvalue weighted by molar-refractivity contribution is 7.26. The molecule has 0 spiro atoms. The van der Waals surface area contributed by atoms with Crippen LogP contribution >= 0.6 is 11.3 Å². The van der Waals surface area contributed by atoms with Gasteiger partial charge in [-0.2, -0.15) is 0 Å². The molecule has 1 aliphatic carbocycles. The van der Waals surface area contributed by atoms with Crippen LogP contribution in [0.25, 0.3) is 87.7 Å². The highest BCUT2D eigenvalue weighted by Gasteiger charge is 2.35. The van der Waals surface area contributed by atoms with Gasteiger partial charge in [0.15, 0.2) is 17.5 Å². The van der Waals surface area contributed by atoms with Crippen LogP contribution in [-0.2, 0) is 5.41 Å². The highest BCUT2D eigenvalue weighted by atomic mass is 32.1. The van der Waals surface area contributed by atoms with Crippen molar-refractivity contribution >= 4 is 31.5 Å². The SMILES string of the molecule is Cc1ccc(-c2ccc3sc4cccc(-c5nc(-c6ccccc6)nc(-c6ccccc6)n5)c4c3c2)cc1-c1cc2c(cc1C)C(C)(C)c1ccccc1-2. The number of nitrogens with zero attached hydrogens (tertiary/aromatic N) is 3. The molecule has 4 heteroatoms. The molecule has 7 aromatic carbocycles. The van der Waals surface area contributed by atoms with E-state index in [1.807, 2.05) is 47.7 Å². The summed E-state index contributed by atoms with van der Waals surface area (Å²) in [6, 6.07) is 54.4. The Kier molecular flexibility index (Phi) is 7.47. The van der Waals surface area contributed by atoms with E-state index in [1.54, 1.807) is 0 Å². The van der Waals surface area contributed by atoms with E-state index >= 15 is 0 Å². The Morgan fingerprint density at radius 2 is 1.02 bits per heavy atom. The average Bonchev–Trinajstić information content (AvgIpc) is 3.69. The molecule has 0 bridgehead atoms. The van der Waals surface area contributed by atoms with Gasteiger partial charge in [0.2, 0.25) is 0 Å². The minimum atomic E-state index is -0.0167. The number of aromatic nitrogens is 3. The topological polar surface area (TPSA) is 38.7 Å². The molecule has 3 nitrogen and oxygen atoms in total. The summed E-state index contributed by atoms with van der Waals surface area (Å²) in [4.78, 5) is 15.2. The molecule has 2 aromatic heterocycles. The molecule has 0 saturated heterocycles. The molecule has 0 amide bonds. The van der Waals surface area contributed by atoms with Crippen molar-refractivity contribution in [2.75, 3.05) is 0 Å². The van der Waals surface area contributed by atoms with Crippen LogP contribution in [0.1, 0.15) is 36.1 Å². The fourth-order valence-corrected chi connectivity index (χ4v) is 9.47. The van der Waals surface area contributed by atoms with Crippen LogP contribution in [0.15, 0.2) is 152 Å². The van der Waals surface area contributed by atoms with Gasteiger partial charge < -0.3 is 0 Å². The van der Waals surface area contributed by atoms with E-state index in [1.165, 1.54) is 75.8 Å². The first kappa shape index (κ1) is 32.4. The first-order chi connectivity index (χ1) is 26.3. The Balaban J connectivity index is 1.12. The van der Waals surface area contributed by atoms with Crippen molar-refractivity contribution in [3.05, 3.63) is 174 Å². The molecular formula is C50H37N3S. The van der Waals surface area contributed by atoms with Crippen LogP contribution < -0.4 is 0 Å². The van der Waals surface area contributed by atoms with Crippen LogP contribution in [-0.4, -0.2) is 15.0 Å². The molecule has 0 unspecified atom stereocenters. The van der Waals surface area contributed by atoms with Gasteiger partial charge in [0, 0.05) is 42.3 Å². The van der Waals surface area contributed by atoms with Crippen molar-refractivity contribution in [1.82, 2.24) is 15.0 Å². The lowest BCUT2D eigenvalue weighted by atomic mass is 9.81. The molecule has 9 aromatic rings. The highest BCUT2D eigenvalue weighted by Crippen LogP contribution is 2.51. The fraction of sp³-hybridized carbons (Fsp3) is 0.100. The Morgan fingerprint density at radius 1 is 0.407 bits per heavy atom. The van der Waals surface area contributed by atoms with Crippen molar-refractivity contribution in [1.29, 1.82) is 0 Å². The van der Waals surface area contributed by atoms with Gasteiger partial charge in [-0.3, -0.25) is 0 Å². The second kappa shape index (κ2) is 12.4. The lowest BCUT2D eigenvalue weighted by molar-refractivity contribution is 0.660. The Hall–Kier alpha value is -6.23. The lowest BCUT2D eigenvalue weighted by Crippen LogP contribution is -2.15. The van der Waals surface area contributed by atoms with Crippen molar-refractivity contribution in [3.8, 4) is 67.5 Å². The Bertz CT molecular complexity index is 2870. The Morgan fingerprint density at radius 3 is 1.76 bits per heavy atom. The summed E-state index contributed by atoms with van der Waals surface area (Å²) in [7, 11) is 0. The molecule has 0 aliphatic heterocycles. The molecule has 0 N–H and O–H groups in total. The molecule has 258 valence electrons. The number of aryl methyl sites for hydroxylation is 2. The molecule has 10 rings (SSSR count). The third-order valence-corrected chi connectivity index (χ3v) is 12.4. The van der Waals surface area contributed by atoms with E-state index in [-0.39, 0.29) is 5.41 Å². The average molecular weight is 712 g/mol. The van der Waals surface area contributed by atoms with E-state index < -0.39 is 0 Å². The van der Waals surface area contributed by atoms with Crippen LogP contribution in [0.3, 0.4) is 0 Å². The van der Waals surface area contributed by atoms with Gasteiger partial charge in [0.25, 0.3) is 0 Å². The predicted octanol–water partition coefficient (Wildman–Crippen LogP) is 13.5. The number of fused-ring (bicyclic) bond motifs is 6. The zero-order chi connectivity index (χ0) is 36.6. The number of benzene rings is 7. The minimum Gasteiger partial charge on any atom is -0.208 e. The zero-order valence-electron chi connectivity index (χ0n) is 30.7. The largest absolute Gasteiger partial charge is 0.208 e. The smallest absolute Gasteiger partial charge is 0.164 e. The maximum atomic E-state index is 5.11. The summed E-state index contributed by atoms with van der Waals surface area (Å²) >= 11 is 1.81.